The molecule has 3 saturated heterocycles. The summed E-state index contributed by atoms with van der Waals surface area (Å²) in [7, 11) is 0. The molecule has 0 unspecified atom stereocenters. The standard InChI is InChI=1S/C25H34N2O6/c1-3-5-13-26-22(29)21-25-12-11-18(33-25)19(24(31)32-4-2)20(25)23(30)27(21)17(15-28)14-16-9-7-6-8-10-16/h6-10,17-21,28H,3-5,11-15H2,1-2H3,(H,26,29)/t17-,18+,19-,20-,21+,25-/m1/s1. The Morgan fingerprint density at radius 2 is 2.06 bits per heavy atom. The van der Waals surface area contributed by atoms with E-state index in [1.54, 1.807) is 6.92 Å². The molecule has 33 heavy (non-hydrogen) atoms. The van der Waals surface area contributed by atoms with Crippen molar-refractivity contribution in [2.45, 2.75) is 69.7 Å². The van der Waals surface area contributed by atoms with Crippen molar-refractivity contribution in [3.63, 3.8) is 0 Å². The topological polar surface area (TPSA) is 105 Å². The van der Waals surface area contributed by atoms with Crippen molar-refractivity contribution in [2.24, 2.45) is 11.8 Å². The van der Waals surface area contributed by atoms with E-state index in [0.717, 1.165) is 18.4 Å². The van der Waals surface area contributed by atoms with E-state index in [9.17, 15) is 19.5 Å². The van der Waals surface area contributed by atoms with Crippen LogP contribution in [0.3, 0.4) is 0 Å². The molecule has 0 aromatic heterocycles. The van der Waals surface area contributed by atoms with Gasteiger partial charge in [-0.25, -0.2) is 0 Å². The summed E-state index contributed by atoms with van der Waals surface area (Å²) in [4.78, 5) is 41.7. The molecule has 1 aromatic carbocycles. The SMILES string of the molecule is CCCCNC(=O)[C@@H]1N([C@@H](CO)Cc2ccccc2)C(=O)[C@H]2[C@H](C(=O)OCC)[C@@H]3CC[C@]12O3. The zero-order valence-corrected chi connectivity index (χ0v) is 19.4. The van der Waals surface area contributed by atoms with Crippen LogP contribution in [-0.2, 0) is 30.3 Å². The lowest BCUT2D eigenvalue weighted by Crippen LogP contribution is -2.58. The van der Waals surface area contributed by atoms with Crippen LogP contribution in [0.15, 0.2) is 30.3 Å². The average molecular weight is 459 g/mol. The highest BCUT2D eigenvalue weighted by molar-refractivity contribution is 5.98. The lowest BCUT2D eigenvalue weighted by atomic mass is 9.71. The quantitative estimate of drug-likeness (QED) is 0.406. The molecular formula is C25H34N2O6. The lowest BCUT2D eigenvalue weighted by Gasteiger charge is -2.36. The van der Waals surface area contributed by atoms with E-state index in [1.807, 2.05) is 37.3 Å². The fraction of sp³-hybridized carbons (Fsp3) is 0.640. The Hall–Kier alpha value is -2.45. The van der Waals surface area contributed by atoms with Crippen LogP contribution in [0.2, 0.25) is 0 Å². The van der Waals surface area contributed by atoms with E-state index in [-0.39, 0.29) is 25.0 Å². The fourth-order valence-corrected chi connectivity index (χ4v) is 5.91. The summed E-state index contributed by atoms with van der Waals surface area (Å²) in [6.45, 7) is 4.20. The second-order valence-corrected chi connectivity index (χ2v) is 9.22. The molecule has 0 saturated carbocycles. The molecule has 0 radical (unpaired) electrons. The summed E-state index contributed by atoms with van der Waals surface area (Å²) < 4.78 is 11.6. The number of rotatable bonds is 10. The predicted octanol–water partition coefficient (Wildman–Crippen LogP) is 1.44. The zero-order chi connectivity index (χ0) is 23.6. The van der Waals surface area contributed by atoms with Gasteiger partial charge in [-0.2, -0.15) is 0 Å². The molecule has 180 valence electrons. The largest absolute Gasteiger partial charge is 0.466 e. The normalized spacial score (nSPS) is 30.9. The first kappa shape index (κ1) is 23.7. The van der Waals surface area contributed by atoms with Crippen LogP contribution in [0.4, 0.5) is 0 Å². The third-order valence-corrected chi connectivity index (χ3v) is 7.29. The highest BCUT2D eigenvalue weighted by Gasteiger charge is 2.75. The van der Waals surface area contributed by atoms with Gasteiger partial charge in [-0.1, -0.05) is 43.7 Å². The molecule has 1 aromatic rings. The van der Waals surface area contributed by atoms with Gasteiger partial charge < -0.3 is 24.8 Å². The molecule has 3 aliphatic heterocycles. The van der Waals surface area contributed by atoms with E-state index >= 15 is 0 Å². The smallest absolute Gasteiger partial charge is 0.312 e. The summed E-state index contributed by atoms with van der Waals surface area (Å²) in [5.41, 5.74) is -0.115. The molecule has 0 aliphatic carbocycles. The maximum atomic E-state index is 13.9. The van der Waals surface area contributed by atoms with Crippen molar-refractivity contribution >= 4 is 17.8 Å². The molecule has 8 nitrogen and oxygen atoms in total. The van der Waals surface area contributed by atoms with Gasteiger partial charge >= 0.3 is 5.97 Å². The number of fused-ring (bicyclic) bond motifs is 1. The van der Waals surface area contributed by atoms with E-state index in [0.29, 0.717) is 25.8 Å². The van der Waals surface area contributed by atoms with Crippen LogP contribution in [-0.4, -0.2) is 71.3 Å². The van der Waals surface area contributed by atoms with Crippen LogP contribution < -0.4 is 5.32 Å². The number of nitrogens with one attached hydrogen (secondary N) is 1. The third-order valence-electron chi connectivity index (χ3n) is 7.29. The Kier molecular flexibility index (Phi) is 7.05. The van der Waals surface area contributed by atoms with Crippen molar-refractivity contribution in [2.75, 3.05) is 19.8 Å². The first-order valence-electron chi connectivity index (χ1n) is 12.1. The van der Waals surface area contributed by atoms with E-state index < -0.39 is 41.6 Å². The highest BCUT2D eigenvalue weighted by atomic mass is 16.6. The molecular weight excluding hydrogens is 424 g/mol. The summed E-state index contributed by atoms with van der Waals surface area (Å²) in [6.07, 6.45) is 2.85. The number of likely N-dealkylation sites (tertiary alicyclic amines) is 1. The first-order chi connectivity index (χ1) is 16.0. The van der Waals surface area contributed by atoms with Crippen LogP contribution in [0.5, 0.6) is 0 Å². The second-order valence-electron chi connectivity index (χ2n) is 9.22. The van der Waals surface area contributed by atoms with Gasteiger partial charge in [-0.05, 0) is 38.2 Å². The Labute approximate surface area is 194 Å². The number of nitrogens with zero attached hydrogens (tertiary/aromatic N) is 1. The number of unbranched alkanes of at least 4 members (excludes halogenated alkanes) is 1. The summed E-state index contributed by atoms with van der Waals surface area (Å²) in [5, 5.41) is 13.3. The number of hydrogen-bond acceptors (Lipinski definition) is 6. The first-order valence-corrected chi connectivity index (χ1v) is 12.1. The number of aliphatic hydroxyl groups excluding tert-OH is 1. The Balaban J connectivity index is 1.70. The van der Waals surface area contributed by atoms with Crippen LogP contribution >= 0.6 is 0 Å². The Morgan fingerprint density at radius 1 is 1.30 bits per heavy atom. The molecule has 2 amide bonds. The minimum absolute atomic E-state index is 0.216. The van der Waals surface area contributed by atoms with Crippen molar-refractivity contribution in [3.8, 4) is 0 Å². The highest BCUT2D eigenvalue weighted by Crippen LogP contribution is 2.59. The number of esters is 1. The molecule has 2 N–H and O–H groups in total. The van der Waals surface area contributed by atoms with Gasteiger partial charge in [0.15, 0.2) is 0 Å². The molecule has 3 aliphatic rings. The molecule has 2 bridgehead atoms. The van der Waals surface area contributed by atoms with Crippen LogP contribution in [0.25, 0.3) is 0 Å². The van der Waals surface area contributed by atoms with Gasteiger partial charge in [0.2, 0.25) is 11.8 Å². The number of amides is 2. The maximum absolute atomic E-state index is 13.9. The summed E-state index contributed by atoms with van der Waals surface area (Å²) in [5.74, 6) is -2.53. The van der Waals surface area contributed by atoms with Gasteiger partial charge in [-0.3, -0.25) is 14.4 Å². The molecule has 3 fully saturated rings. The second kappa shape index (κ2) is 9.81. The van der Waals surface area contributed by atoms with Gasteiger partial charge in [0.05, 0.1) is 37.2 Å². The summed E-state index contributed by atoms with van der Waals surface area (Å²) >= 11 is 0. The van der Waals surface area contributed by atoms with E-state index in [2.05, 4.69) is 5.32 Å². The molecule has 4 rings (SSSR count). The van der Waals surface area contributed by atoms with Gasteiger partial charge in [-0.15, -0.1) is 0 Å². The molecule has 6 atom stereocenters. The zero-order valence-electron chi connectivity index (χ0n) is 19.4. The number of ether oxygens (including phenoxy) is 2. The van der Waals surface area contributed by atoms with Gasteiger partial charge in [0, 0.05) is 6.54 Å². The van der Waals surface area contributed by atoms with Gasteiger partial charge in [0.25, 0.3) is 0 Å². The fourth-order valence-electron chi connectivity index (χ4n) is 5.91. The van der Waals surface area contributed by atoms with Crippen molar-refractivity contribution in [1.29, 1.82) is 0 Å². The third kappa shape index (κ3) is 4.04. The van der Waals surface area contributed by atoms with Gasteiger partial charge in [0.1, 0.15) is 11.6 Å². The minimum atomic E-state index is -1.07. The van der Waals surface area contributed by atoms with Crippen LogP contribution in [0, 0.1) is 11.8 Å². The Bertz CT molecular complexity index is 877. The lowest BCUT2D eigenvalue weighted by molar-refractivity contribution is -0.155. The summed E-state index contributed by atoms with van der Waals surface area (Å²) in [6, 6.07) is 8.08. The number of benzene rings is 1. The van der Waals surface area contributed by atoms with Crippen molar-refractivity contribution in [1.82, 2.24) is 10.2 Å². The number of hydrogen-bond donors (Lipinski definition) is 2. The number of carbonyl (C=O) groups is 3. The van der Waals surface area contributed by atoms with Crippen LogP contribution in [0.1, 0.15) is 45.1 Å². The Morgan fingerprint density at radius 3 is 2.73 bits per heavy atom. The average Bonchev–Trinajstić information content (AvgIpc) is 3.46. The maximum Gasteiger partial charge on any atom is 0.312 e. The van der Waals surface area contributed by atoms with Crippen molar-refractivity contribution in [3.05, 3.63) is 35.9 Å². The van der Waals surface area contributed by atoms with Crippen molar-refractivity contribution < 1.29 is 29.0 Å². The molecule has 1 spiro atoms. The van der Waals surface area contributed by atoms with E-state index in [1.165, 1.54) is 4.90 Å². The molecule has 3 heterocycles. The van der Waals surface area contributed by atoms with E-state index in [4.69, 9.17) is 9.47 Å². The number of carbonyl (C=O) groups excluding carboxylic acids is 3. The predicted molar refractivity (Wildman–Crippen MR) is 120 cm³/mol. The monoisotopic (exact) mass is 458 g/mol. The number of aliphatic hydroxyl groups is 1. The molecule has 8 heteroatoms. The minimum Gasteiger partial charge on any atom is -0.466 e.